The van der Waals surface area contributed by atoms with E-state index in [9.17, 15) is 4.79 Å². The van der Waals surface area contributed by atoms with Gasteiger partial charge >= 0.3 is 6.09 Å². The largest absolute Gasteiger partial charge is 0.444 e. The number of aromatic nitrogens is 1. The first kappa shape index (κ1) is 13.9. The molecule has 1 aromatic heterocycles. The van der Waals surface area contributed by atoms with Crippen LogP contribution in [0.2, 0.25) is 0 Å². The van der Waals surface area contributed by atoms with Crippen molar-refractivity contribution in [3.63, 3.8) is 0 Å². The lowest BCUT2D eigenvalue weighted by atomic mass is 10.1. The van der Waals surface area contributed by atoms with Crippen LogP contribution in [0, 0.1) is 0 Å². The monoisotopic (exact) mass is 275 g/mol. The molecule has 0 aliphatic heterocycles. The quantitative estimate of drug-likeness (QED) is 0.877. The highest BCUT2D eigenvalue weighted by atomic mass is 16.6. The van der Waals surface area contributed by atoms with E-state index in [2.05, 4.69) is 10.5 Å². The van der Waals surface area contributed by atoms with Crippen molar-refractivity contribution in [3.8, 4) is 11.3 Å². The molecule has 0 radical (unpaired) electrons. The van der Waals surface area contributed by atoms with Crippen molar-refractivity contribution in [2.24, 2.45) is 0 Å². The molecular formula is C14H17N3O3. The van der Waals surface area contributed by atoms with Gasteiger partial charge in [-0.3, -0.25) is 5.32 Å². The molecule has 0 unspecified atom stereocenters. The summed E-state index contributed by atoms with van der Waals surface area (Å²) in [6, 6.07) is 8.76. The second-order valence-electron chi connectivity index (χ2n) is 5.32. The molecule has 0 aliphatic rings. The lowest BCUT2D eigenvalue weighted by Crippen LogP contribution is -2.27. The van der Waals surface area contributed by atoms with Crippen molar-refractivity contribution >= 4 is 17.7 Å². The average molecular weight is 275 g/mol. The van der Waals surface area contributed by atoms with Crippen LogP contribution in [-0.2, 0) is 4.74 Å². The number of hydrogen-bond donors (Lipinski definition) is 2. The Labute approximate surface area is 116 Å². The van der Waals surface area contributed by atoms with E-state index in [1.165, 1.54) is 0 Å². The number of benzene rings is 1. The summed E-state index contributed by atoms with van der Waals surface area (Å²) in [5, 5.41) is 6.47. The Hall–Kier alpha value is -2.50. The minimum absolute atomic E-state index is 0.260. The Balaban J connectivity index is 2.03. The molecule has 1 heterocycles. The fourth-order valence-corrected chi connectivity index (χ4v) is 1.57. The number of amides is 1. The molecular weight excluding hydrogens is 258 g/mol. The summed E-state index contributed by atoms with van der Waals surface area (Å²) in [5.41, 5.74) is 7.07. The summed E-state index contributed by atoms with van der Waals surface area (Å²) in [5.74, 6) is 0.260. The van der Waals surface area contributed by atoms with Gasteiger partial charge in [0.1, 0.15) is 11.3 Å². The standard InChI is InChI=1S/C14H17N3O3/c1-14(2,3)19-13(18)16-10-6-4-9(5-7-10)11-8-12(15)20-17-11/h4-8H,15H2,1-3H3,(H,16,18). The zero-order valence-electron chi connectivity index (χ0n) is 11.6. The van der Waals surface area contributed by atoms with Crippen molar-refractivity contribution in [3.05, 3.63) is 30.3 Å². The molecule has 0 saturated heterocycles. The summed E-state index contributed by atoms with van der Waals surface area (Å²) in [7, 11) is 0. The number of rotatable bonds is 2. The van der Waals surface area contributed by atoms with Gasteiger partial charge in [0.15, 0.2) is 0 Å². The molecule has 0 spiro atoms. The van der Waals surface area contributed by atoms with E-state index in [-0.39, 0.29) is 5.88 Å². The Morgan fingerprint density at radius 2 is 1.95 bits per heavy atom. The lowest BCUT2D eigenvalue weighted by molar-refractivity contribution is 0.0636. The third-order valence-electron chi connectivity index (χ3n) is 2.35. The van der Waals surface area contributed by atoms with Gasteiger partial charge in [-0.2, -0.15) is 0 Å². The smallest absolute Gasteiger partial charge is 0.412 e. The Morgan fingerprint density at radius 1 is 1.30 bits per heavy atom. The molecule has 20 heavy (non-hydrogen) atoms. The highest BCUT2D eigenvalue weighted by Crippen LogP contribution is 2.22. The predicted molar refractivity (Wildman–Crippen MR) is 76.2 cm³/mol. The topological polar surface area (TPSA) is 90.4 Å². The van der Waals surface area contributed by atoms with Crippen molar-refractivity contribution in [2.75, 3.05) is 11.1 Å². The Kier molecular flexibility index (Phi) is 3.65. The van der Waals surface area contributed by atoms with Crippen molar-refractivity contribution in [1.82, 2.24) is 5.16 Å². The molecule has 1 amide bonds. The van der Waals surface area contributed by atoms with Crippen LogP contribution in [0.4, 0.5) is 16.4 Å². The molecule has 2 rings (SSSR count). The molecule has 0 bridgehead atoms. The van der Waals surface area contributed by atoms with Crippen LogP contribution in [0.3, 0.4) is 0 Å². The van der Waals surface area contributed by atoms with Gasteiger partial charge in [0.05, 0.1) is 0 Å². The predicted octanol–water partition coefficient (Wildman–Crippen LogP) is 3.27. The second kappa shape index (κ2) is 5.24. The molecule has 6 nitrogen and oxygen atoms in total. The van der Waals surface area contributed by atoms with Gasteiger partial charge in [-0.1, -0.05) is 17.3 Å². The maximum Gasteiger partial charge on any atom is 0.412 e. The van der Waals surface area contributed by atoms with Crippen LogP contribution in [0.5, 0.6) is 0 Å². The Bertz CT molecular complexity index is 597. The maximum absolute atomic E-state index is 11.6. The number of ether oxygens (including phenoxy) is 1. The molecule has 106 valence electrons. The van der Waals surface area contributed by atoms with E-state index < -0.39 is 11.7 Å². The van der Waals surface area contributed by atoms with Crippen LogP contribution in [0.15, 0.2) is 34.9 Å². The summed E-state index contributed by atoms with van der Waals surface area (Å²) < 4.78 is 9.97. The third kappa shape index (κ3) is 3.74. The van der Waals surface area contributed by atoms with E-state index in [1.807, 2.05) is 32.9 Å². The van der Waals surface area contributed by atoms with Crippen LogP contribution < -0.4 is 11.1 Å². The fraction of sp³-hybridized carbons (Fsp3) is 0.286. The molecule has 0 aliphatic carbocycles. The first-order chi connectivity index (χ1) is 9.33. The molecule has 1 aromatic carbocycles. The number of hydrogen-bond acceptors (Lipinski definition) is 5. The molecule has 3 N–H and O–H groups in total. The zero-order chi connectivity index (χ0) is 14.8. The van der Waals surface area contributed by atoms with Gasteiger partial charge in [-0.05, 0) is 32.9 Å². The van der Waals surface area contributed by atoms with Crippen LogP contribution in [0.1, 0.15) is 20.8 Å². The molecule has 0 saturated carbocycles. The van der Waals surface area contributed by atoms with E-state index in [0.717, 1.165) is 5.56 Å². The zero-order valence-corrected chi connectivity index (χ0v) is 11.6. The van der Waals surface area contributed by atoms with Crippen molar-refractivity contribution < 1.29 is 14.1 Å². The molecule has 2 aromatic rings. The van der Waals surface area contributed by atoms with E-state index >= 15 is 0 Å². The number of nitrogens with one attached hydrogen (secondary N) is 1. The van der Waals surface area contributed by atoms with Crippen LogP contribution >= 0.6 is 0 Å². The van der Waals surface area contributed by atoms with Crippen LogP contribution in [0.25, 0.3) is 11.3 Å². The van der Waals surface area contributed by atoms with Gasteiger partial charge in [0, 0.05) is 17.3 Å². The van der Waals surface area contributed by atoms with Crippen molar-refractivity contribution in [1.29, 1.82) is 0 Å². The molecule has 6 heteroatoms. The van der Waals surface area contributed by atoms with Gasteiger partial charge in [-0.25, -0.2) is 4.79 Å². The third-order valence-corrected chi connectivity index (χ3v) is 2.35. The fourth-order valence-electron chi connectivity index (χ4n) is 1.57. The minimum Gasteiger partial charge on any atom is -0.444 e. The van der Waals surface area contributed by atoms with Gasteiger partial charge in [0.25, 0.3) is 0 Å². The maximum atomic E-state index is 11.6. The number of nitrogen functional groups attached to an aromatic ring is 1. The first-order valence-electron chi connectivity index (χ1n) is 6.16. The van der Waals surface area contributed by atoms with E-state index in [1.54, 1.807) is 18.2 Å². The Morgan fingerprint density at radius 3 is 2.45 bits per heavy atom. The normalized spacial score (nSPS) is 11.2. The summed E-state index contributed by atoms with van der Waals surface area (Å²) >= 11 is 0. The number of carbonyl (C=O) groups is 1. The first-order valence-corrected chi connectivity index (χ1v) is 6.16. The number of carbonyl (C=O) groups excluding carboxylic acids is 1. The highest BCUT2D eigenvalue weighted by Gasteiger charge is 2.16. The minimum atomic E-state index is -0.526. The van der Waals surface area contributed by atoms with Gasteiger partial charge < -0.3 is 15.0 Å². The van der Waals surface area contributed by atoms with E-state index in [0.29, 0.717) is 11.4 Å². The highest BCUT2D eigenvalue weighted by molar-refractivity contribution is 5.85. The molecule has 0 fully saturated rings. The van der Waals surface area contributed by atoms with Gasteiger partial charge in [0.2, 0.25) is 5.88 Å². The SMILES string of the molecule is CC(C)(C)OC(=O)Nc1ccc(-c2cc(N)on2)cc1. The second-order valence-corrected chi connectivity index (χ2v) is 5.32. The van der Waals surface area contributed by atoms with Crippen molar-refractivity contribution in [2.45, 2.75) is 26.4 Å². The summed E-state index contributed by atoms with van der Waals surface area (Å²) in [6.07, 6.45) is -0.490. The summed E-state index contributed by atoms with van der Waals surface area (Å²) in [6.45, 7) is 5.43. The number of nitrogens with two attached hydrogens (primary N) is 1. The molecule has 0 atom stereocenters. The average Bonchev–Trinajstić information content (AvgIpc) is 2.74. The van der Waals surface area contributed by atoms with Gasteiger partial charge in [-0.15, -0.1) is 0 Å². The number of nitrogens with zero attached hydrogens (tertiary/aromatic N) is 1. The lowest BCUT2D eigenvalue weighted by Gasteiger charge is -2.19. The summed E-state index contributed by atoms with van der Waals surface area (Å²) in [4.78, 5) is 11.6. The number of anilines is 2. The van der Waals surface area contributed by atoms with E-state index in [4.69, 9.17) is 15.0 Å². The van der Waals surface area contributed by atoms with Crippen LogP contribution in [-0.4, -0.2) is 16.9 Å².